The number of benzene rings is 2. The fraction of sp³-hybridized carbons (Fsp3) is 0.417. The van der Waals surface area contributed by atoms with Crippen LogP contribution in [-0.4, -0.2) is 34.6 Å². The van der Waals surface area contributed by atoms with Crippen molar-refractivity contribution >= 4 is 35.2 Å². The number of hydrogen-bond acceptors (Lipinski definition) is 3. The number of amides is 2. The lowest BCUT2D eigenvalue weighted by molar-refractivity contribution is -0.138. The first kappa shape index (κ1) is 24.3. The highest BCUT2D eigenvalue weighted by atomic mass is 35.5. The Morgan fingerprint density at radius 3 is 2.40 bits per heavy atom. The standard InChI is InChI=1S/C24H31ClN2O2S/c1-5-18(3)26-24(29)19(4)27(14-21-8-6-7-9-22(21)25)23(28)16-30-15-20-12-10-17(2)11-13-20/h6-13,18-19H,5,14-16H2,1-4H3,(H,26,29)/t18-,19+/m0/s1. The molecule has 2 amide bonds. The van der Waals surface area contributed by atoms with E-state index < -0.39 is 6.04 Å². The highest BCUT2D eigenvalue weighted by Gasteiger charge is 2.27. The second kappa shape index (κ2) is 12.0. The quantitative estimate of drug-likeness (QED) is 0.544. The molecule has 0 saturated heterocycles. The second-order valence-corrected chi connectivity index (χ2v) is 8.98. The Morgan fingerprint density at radius 2 is 1.77 bits per heavy atom. The summed E-state index contributed by atoms with van der Waals surface area (Å²) in [6.45, 7) is 8.11. The molecule has 1 N–H and O–H groups in total. The molecule has 0 radical (unpaired) electrons. The van der Waals surface area contributed by atoms with Crippen LogP contribution in [0, 0.1) is 6.92 Å². The van der Waals surface area contributed by atoms with Gasteiger partial charge in [0.15, 0.2) is 0 Å². The Balaban J connectivity index is 2.08. The molecule has 0 spiro atoms. The minimum atomic E-state index is -0.581. The third kappa shape index (κ3) is 7.37. The summed E-state index contributed by atoms with van der Waals surface area (Å²) in [6.07, 6.45) is 0.837. The first-order chi connectivity index (χ1) is 14.3. The van der Waals surface area contributed by atoms with Gasteiger partial charge in [0.1, 0.15) is 6.04 Å². The number of carbonyl (C=O) groups excluding carboxylic acids is 2. The van der Waals surface area contributed by atoms with Gasteiger partial charge in [-0.25, -0.2) is 0 Å². The number of rotatable bonds is 10. The predicted molar refractivity (Wildman–Crippen MR) is 127 cm³/mol. The van der Waals surface area contributed by atoms with Gasteiger partial charge in [-0.15, -0.1) is 11.8 Å². The van der Waals surface area contributed by atoms with E-state index in [1.807, 2.05) is 32.0 Å². The van der Waals surface area contributed by atoms with Gasteiger partial charge >= 0.3 is 0 Å². The topological polar surface area (TPSA) is 49.4 Å². The van der Waals surface area contributed by atoms with Gasteiger partial charge in [0, 0.05) is 23.4 Å². The van der Waals surface area contributed by atoms with Crippen LogP contribution in [-0.2, 0) is 21.9 Å². The minimum absolute atomic E-state index is 0.0631. The molecule has 0 aliphatic heterocycles. The average molecular weight is 447 g/mol. The van der Waals surface area contributed by atoms with Gasteiger partial charge in [-0.2, -0.15) is 0 Å². The number of halogens is 1. The van der Waals surface area contributed by atoms with E-state index >= 15 is 0 Å². The first-order valence-corrected chi connectivity index (χ1v) is 11.8. The summed E-state index contributed by atoms with van der Waals surface area (Å²) in [5, 5.41) is 3.57. The Labute approximate surface area is 189 Å². The number of nitrogens with zero attached hydrogens (tertiary/aromatic N) is 1. The van der Waals surface area contributed by atoms with Crippen LogP contribution >= 0.6 is 23.4 Å². The average Bonchev–Trinajstić information content (AvgIpc) is 2.73. The largest absolute Gasteiger partial charge is 0.352 e. The molecule has 0 aliphatic rings. The third-order valence-electron chi connectivity index (χ3n) is 5.08. The summed E-state index contributed by atoms with van der Waals surface area (Å²) in [4.78, 5) is 27.4. The van der Waals surface area contributed by atoms with E-state index in [9.17, 15) is 9.59 Å². The van der Waals surface area contributed by atoms with Gasteiger partial charge in [0.25, 0.3) is 0 Å². The second-order valence-electron chi connectivity index (χ2n) is 7.59. The van der Waals surface area contributed by atoms with Crippen LogP contribution in [0.3, 0.4) is 0 Å². The summed E-state index contributed by atoms with van der Waals surface area (Å²) in [7, 11) is 0. The van der Waals surface area contributed by atoms with Crippen molar-refractivity contribution < 1.29 is 9.59 Å². The molecule has 2 aromatic rings. The molecule has 162 valence electrons. The molecule has 0 bridgehead atoms. The number of thioether (sulfide) groups is 1. The summed E-state index contributed by atoms with van der Waals surface area (Å²) in [5.41, 5.74) is 3.23. The van der Waals surface area contributed by atoms with Crippen molar-refractivity contribution in [2.24, 2.45) is 0 Å². The molecular weight excluding hydrogens is 416 g/mol. The fourth-order valence-corrected chi connectivity index (χ4v) is 3.95. The van der Waals surface area contributed by atoms with Crippen molar-refractivity contribution in [3.05, 3.63) is 70.2 Å². The zero-order valence-corrected chi connectivity index (χ0v) is 19.7. The van der Waals surface area contributed by atoms with Gasteiger partial charge in [0.2, 0.25) is 11.8 Å². The summed E-state index contributed by atoms with van der Waals surface area (Å²) >= 11 is 7.87. The highest BCUT2D eigenvalue weighted by molar-refractivity contribution is 7.99. The van der Waals surface area contributed by atoms with Crippen molar-refractivity contribution in [3.8, 4) is 0 Å². The number of hydrogen-bond donors (Lipinski definition) is 1. The van der Waals surface area contributed by atoms with Crippen LogP contribution in [0.4, 0.5) is 0 Å². The molecule has 0 saturated carbocycles. The Morgan fingerprint density at radius 1 is 1.10 bits per heavy atom. The van der Waals surface area contributed by atoms with Gasteiger partial charge in [-0.1, -0.05) is 66.6 Å². The van der Waals surface area contributed by atoms with Crippen LogP contribution < -0.4 is 5.32 Å². The van der Waals surface area contributed by atoms with Crippen LogP contribution in [0.25, 0.3) is 0 Å². The first-order valence-electron chi connectivity index (χ1n) is 10.3. The summed E-state index contributed by atoms with van der Waals surface area (Å²) in [6, 6.07) is 15.2. The molecule has 0 fully saturated rings. The molecule has 2 aromatic carbocycles. The smallest absolute Gasteiger partial charge is 0.242 e. The van der Waals surface area contributed by atoms with Crippen molar-refractivity contribution in [2.45, 2.75) is 58.5 Å². The van der Waals surface area contributed by atoms with Crippen molar-refractivity contribution in [1.82, 2.24) is 10.2 Å². The van der Waals surface area contributed by atoms with Crippen LogP contribution in [0.15, 0.2) is 48.5 Å². The van der Waals surface area contributed by atoms with E-state index in [0.717, 1.165) is 17.7 Å². The van der Waals surface area contributed by atoms with Crippen molar-refractivity contribution in [3.63, 3.8) is 0 Å². The number of aryl methyl sites for hydroxylation is 1. The Hall–Kier alpha value is -1.98. The Kier molecular flexibility index (Phi) is 9.73. The Bertz CT molecular complexity index is 841. The SMILES string of the molecule is CC[C@H](C)NC(=O)[C@@H](C)N(Cc1ccccc1Cl)C(=O)CSCc1ccc(C)cc1. The maximum atomic E-state index is 13.1. The predicted octanol–water partition coefficient (Wildman–Crippen LogP) is 5.21. The summed E-state index contributed by atoms with van der Waals surface area (Å²) in [5.74, 6) is 0.839. The lowest BCUT2D eigenvalue weighted by atomic mass is 10.1. The number of nitrogens with one attached hydrogen (secondary N) is 1. The highest BCUT2D eigenvalue weighted by Crippen LogP contribution is 2.20. The van der Waals surface area contributed by atoms with E-state index in [0.29, 0.717) is 17.3 Å². The normalized spacial score (nSPS) is 12.8. The van der Waals surface area contributed by atoms with Gasteiger partial charge in [-0.05, 0) is 44.4 Å². The summed E-state index contributed by atoms with van der Waals surface area (Å²) < 4.78 is 0. The van der Waals surface area contributed by atoms with Gasteiger partial charge in [0.05, 0.1) is 5.75 Å². The fourth-order valence-electron chi connectivity index (χ4n) is 2.88. The molecule has 0 aliphatic carbocycles. The van der Waals surface area contributed by atoms with Crippen LogP contribution in [0.2, 0.25) is 5.02 Å². The minimum Gasteiger partial charge on any atom is -0.352 e. The van der Waals surface area contributed by atoms with Crippen LogP contribution in [0.1, 0.15) is 43.9 Å². The zero-order chi connectivity index (χ0) is 22.1. The molecule has 30 heavy (non-hydrogen) atoms. The molecule has 0 heterocycles. The number of carbonyl (C=O) groups is 2. The van der Waals surface area contributed by atoms with Crippen molar-refractivity contribution in [2.75, 3.05) is 5.75 Å². The lowest BCUT2D eigenvalue weighted by Crippen LogP contribution is -2.50. The van der Waals surface area contributed by atoms with Gasteiger partial charge < -0.3 is 10.2 Å². The van der Waals surface area contributed by atoms with E-state index in [4.69, 9.17) is 11.6 Å². The molecule has 0 unspecified atom stereocenters. The molecule has 2 atom stereocenters. The van der Waals surface area contributed by atoms with E-state index in [2.05, 4.69) is 36.5 Å². The molecular formula is C24H31ClN2O2S. The van der Waals surface area contributed by atoms with E-state index in [1.165, 1.54) is 11.1 Å². The lowest BCUT2D eigenvalue weighted by Gasteiger charge is -2.30. The van der Waals surface area contributed by atoms with Crippen molar-refractivity contribution in [1.29, 1.82) is 0 Å². The molecule has 2 rings (SSSR count). The van der Waals surface area contributed by atoms with E-state index in [1.54, 1.807) is 29.7 Å². The third-order valence-corrected chi connectivity index (χ3v) is 6.44. The van der Waals surface area contributed by atoms with Crippen LogP contribution in [0.5, 0.6) is 0 Å². The molecule has 4 nitrogen and oxygen atoms in total. The molecule has 6 heteroatoms. The molecule has 0 aromatic heterocycles. The zero-order valence-electron chi connectivity index (χ0n) is 18.2. The monoisotopic (exact) mass is 446 g/mol. The maximum Gasteiger partial charge on any atom is 0.242 e. The van der Waals surface area contributed by atoms with Gasteiger partial charge in [-0.3, -0.25) is 9.59 Å². The maximum absolute atomic E-state index is 13.1. The van der Waals surface area contributed by atoms with E-state index in [-0.39, 0.29) is 17.9 Å².